The van der Waals surface area contributed by atoms with Crippen molar-refractivity contribution >= 4 is 35.0 Å². The summed E-state index contributed by atoms with van der Waals surface area (Å²) >= 11 is 7.74. The van der Waals surface area contributed by atoms with Crippen LogP contribution in [0.15, 0.2) is 56.4 Å². The molecule has 1 fully saturated rings. The maximum atomic E-state index is 11.6. The fraction of sp³-hybridized carbons (Fsp3) is 0.368. The van der Waals surface area contributed by atoms with Crippen LogP contribution in [-0.4, -0.2) is 18.7 Å². The number of aliphatic imine (C=N–C) groups is 1. The van der Waals surface area contributed by atoms with E-state index in [1.807, 2.05) is 38.2 Å². The molecule has 24 heavy (non-hydrogen) atoms. The molecule has 0 aromatic heterocycles. The smallest absolute Gasteiger partial charge is 0.133 e. The number of rotatable bonds is 3. The zero-order valence-electron chi connectivity index (χ0n) is 13.9. The van der Waals surface area contributed by atoms with Crippen molar-refractivity contribution < 1.29 is 4.79 Å². The van der Waals surface area contributed by atoms with Crippen LogP contribution in [0.3, 0.4) is 0 Å². The van der Waals surface area contributed by atoms with Gasteiger partial charge in [-0.15, -0.1) is 0 Å². The molecule has 0 radical (unpaired) electrons. The Hall–Kier alpha value is -1.52. The van der Waals surface area contributed by atoms with Gasteiger partial charge in [0.2, 0.25) is 0 Å². The molecule has 0 atom stereocenters. The Morgan fingerprint density at radius 1 is 1.25 bits per heavy atom. The summed E-state index contributed by atoms with van der Waals surface area (Å²) in [6.45, 7) is 2.04. The van der Waals surface area contributed by atoms with Crippen molar-refractivity contribution in [2.45, 2.75) is 37.5 Å². The number of benzene rings is 1. The molecule has 126 valence electrons. The molecule has 1 saturated carbocycles. The summed E-state index contributed by atoms with van der Waals surface area (Å²) < 4.78 is 0. The highest BCUT2D eigenvalue weighted by molar-refractivity contribution is 8.03. The number of allylic oxidation sites excluding steroid dienone is 2. The summed E-state index contributed by atoms with van der Waals surface area (Å²) in [4.78, 5) is 18.4. The van der Waals surface area contributed by atoms with Gasteiger partial charge >= 0.3 is 0 Å². The average molecular weight is 361 g/mol. The standard InChI is InChI=1S/C19H21ClN2OS/c1-3-16-18(24-15-10-6-13(20)7-11-15)17(22-19(16)21-2)12-4-8-14(23)9-5-12/h3,6-7,10-12H,4-5,8-9H2,1-2H3,(H,21,22)/b16-3-. The van der Waals surface area contributed by atoms with E-state index >= 15 is 0 Å². The van der Waals surface area contributed by atoms with Crippen LogP contribution < -0.4 is 5.32 Å². The van der Waals surface area contributed by atoms with Crippen molar-refractivity contribution in [3.63, 3.8) is 0 Å². The maximum absolute atomic E-state index is 11.6. The fourth-order valence-electron chi connectivity index (χ4n) is 3.19. The summed E-state index contributed by atoms with van der Waals surface area (Å²) in [6, 6.07) is 7.90. The number of thioether (sulfide) groups is 1. The number of nitrogens with zero attached hydrogens (tertiary/aromatic N) is 1. The Morgan fingerprint density at radius 3 is 2.50 bits per heavy atom. The second-order valence-corrected chi connectivity index (χ2v) is 7.53. The number of amidine groups is 1. The summed E-state index contributed by atoms with van der Waals surface area (Å²) in [7, 11) is 1.81. The SMILES string of the molecule is C/C=C1\C(=NC)NC(C2CCC(=O)CC2)=C1Sc1ccc(Cl)cc1. The maximum Gasteiger partial charge on any atom is 0.133 e. The summed E-state index contributed by atoms with van der Waals surface area (Å²) in [5.41, 5.74) is 2.36. The minimum Gasteiger partial charge on any atom is -0.342 e. The van der Waals surface area contributed by atoms with E-state index < -0.39 is 0 Å². The van der Waals surface area contributed by atoms with Gasteiger partial charge in [0.15, 0.2) is 0 Å². The highest BCUT2D eigenvalue weighted by Gasteiger charge is 2.32. The van der Waals surface area contributed by atoms with Crippen LogP contribution in [0.5, 0.6) is 0 Å². The van der Waals surface area contributed by atoms with Crippen molar-refractivity contribution in [1.29, 1.82) is 0 Å². The van der Waals surface area contributed by atoms with Crippen LogP contribution in [0, 0.1) is 5.92 Å². The summed E-state index contributed by atoms with van der Waals surface area (Å²) in [5, 5.41) is 4.25. The lowest BCUT2D eigenvalue weighted by molar-refractivity contribution is -0.120. The van der Waals surface area contributed by atoms with Gasteiger partial charge in [-0.25, -0.2) is 0 Å². The normalized spacial score (nSPS) is 22.5. The van der Waals surface area contributed by atoms with Gasteiger partial charge in [0.05, 0.1) is 0 Å². The lowest BCUT2D eigenvalue weighted by Crippen LogP contribution is -2.25. The van der Waals surface area contributed by atoms with E-state index in [2.05, 4.69) is 16.4 Å². The molecular weight excluding hydrogens is 340 g/mol. The van der Waals surface area contributed by atoms with Gasteiger partial charge in [-0.05, 0) is 44.0 Å². The zero-order valence-corrected chi connectivity index (χ0v) is 15.5. The lowest BCUT2D eigenvalue weighted by Gasteiger charge is -2.23. The first-order valence-corrected chi connectivity index (χ1v) is 9.42. The lowest BCUT2D eigenvalue weighted by atomic mass is 9.86. The molecule has 1 aromatic carbocycles. The second kappa shape index (κ2) is 7.58. The van der Waals surface area contributed by atoms with Gasteiger partial charge in [0, 0.05) is 51.9 Å². The van der Waals surface area contributed by atoms with Gasteiger partial charge in [0.25, 0.3) is 0 Å². The van der Waals surface area contributed by atoms with Crippen LogP contribution in [0.2, 0.25) is 5.02 Å². The number of halogens is 1. The van der Waals surface area contributed by atoms with Crippen molar-refractivity contribution in [3.05, 3.63) is 51.5 Å². The molecule has 1 N–H and O–H groups in total. The molecule has 2 aliphatic rings. The molecule has 3 nitrogen and oxygen atoms in total. The monoisotopic (exact) mass is 360 g/mol. The number of ketones is 1. The Labute approximate surface area is 152 Å². The van der Waals surface area contributed by atoms with E-state index in [-0.39, 0.29) is 0 Å². The van der Waals surface area contributed by atoms with Gasteiger partial charge in [-0.3, -0.25) is 9.79 Å². The number of nitrogens with one attached hydrogen (secondary N) is 1. The number of Topliss-reactive ketones (excluding diaryl/α,β-unsaturated/α-hetero) is 1. The molecule has 5 heteroatoms. The summed E-state index contributed by atoms with van der Waals surface area (Å²) in [6.07, 6.45) is 5.30. The molecule has 0 spiro atoms. The van der Waals surface area contributed by atoms with Gasteiger partial charge in [0.1, 0.15) is 11.6 Å². The van der Waals surface area contributed by atoms with E-state index in [9.17, 15) is 4.79 Å². The van der Waals surface area contributed by atoms with Crippen LogP contribution in [0.25, 0.3) is 0 Å². The zero-order chi connectivity index (χ0) is 17.1. The van der Waals surface area contributed by atoms with E-state index in [0.29, 0.717) is 24.5 Å². The molecule has 0 saturated heterocycles. The third-order valence-corrected chi connectivity index (χ3v) is 5.90. The van der Waals surface area contributed by atoms with Crippen LogP contribution in [0.4, 0.5) is 0 Å². The van der Waals surface area contributed by atoms with E-state index in [0.717, 1.165) is 34.2 Å². The Kier molecular flexibility index (Phi) is 5.47. The van der Waals surface area contributed by atoms with Gasteiger partial charge < -0.3 is 5.32 Å². The quantitative estimate of drug-likeness (QED) is 0.826. The Balaban J connectivity index is 1.94. The molecule has 0 unspecified atom stereocenters. The number of hydrogen-bond acceptors (Lipinski definition) is 3. The van der Waals surface area contributed by atoms with Crippen molar-refractivity contribution in [1.82, 2.24) is 5.32 Å². The van der Waals surface area contributed by atoms with Crippen molar-refractivity contribution in [2.24, 2.45) is 10.9 Å². The topological polar surface area (TPSA) is 41.5 Å². The van der Waals surface area contributed by atoms with Crippen molar-refractivity contribution in [3.8, 4) is 0 Å². The molecule has 3 rings (SSSR count). The average Bonchev–Trinajstić information content (AvgIpc) is 2.95. The molecule has 0 bridgehead atoms. The third kappa shape index (κ3) is 3.60. The van der Waals surface area contributed by atoms with Crippen molar-refractivity contribution in [2.75, 3.05) is 7.05 Å². The predicted molar refractivity (Wildman–Crippen MR) is 102 cm³/mol. The largest absolute Gasteiger partial charge is 0.342 e. The number of carbonyl (C=O) groups excluding carboxylic acids is 1. The van der Waals surface area contributed by atoms with Crippen LogP contribution >= 0.6 is 23.4 Å². The van der Waals surface area contributed by atoms with E-state index in [1.54, 1.807) is 11.8 Å². The van der Waals surface area contributed by atoms with Gasteiger partial charge in [-0.2, -0.15) is 0 Å². The highest BCUT2D eigenvalue weighted by Crippen LogP contribution is 2.42. The molecular formula is C19H21ClN2OS. The van der Waals surface area contributed by atoms with E-state index in [1.165, 1.54) is 10.6 Å². The first-order chi connectivity index (χ1) is 11.6. The summed E-state index contributed by atoms with van der Waals surface area (Å²) in [5.74, 6) is 1.69. The first kappa shape index (κ1) is 17.3. The Bertz CT molecular complexity index is 724. The fourth-order valence-corrected chi connectivity index (χ4v) is 4.48. The van der Waals surface area contributed by atoms with Crippen LogP contribution in [0.1, 0.15) is 32.6 Å². The third-order valence-electron chi connectivity index (χ3n) is 4.49. The molecule has 1 aliphatic carbocycles. The second-order valence-electron chi connectivity index (χ2n) is 6.01. The minimum absolute atomic E-state index is 0.382. The molecule has 1 aliphatic heterocycles. The molecule has 1 heterocycles. The highest BCUT2D eigenvalue weighted by atomic mass is 35.5. The Morgan fingerprint density at radius 2 is 1.92 bits per heavy atom. The van der Waals surface area contributed by atoms with Gasteiger partial charge in [-0.1, -0.05) is 29.4 Å². The number of hydrogen-bond donors (Lipinski definition) is 1. The first-order valence-electron chi connectivity index (χ1n) is 8.22. The molecule has 1 aromatic rings. The van der Waals surface area contributed by atoms with E-state index in [4.69, 9.17) is 11.6 Å². The molecule has 0 amide bonds. The predicted octanol–water partition coefficient (Wildman–Crippen LogP) is 4.98. The van der Waals surface area contributed by atoms with Crippen LogP contribution in [-0.2, 0) is 4.79 Å². The minimum atomic E-state index is 0.382. The number of carbonyl (C=O) groups is 1.